The third-order valence-corrected chi connectivity index (χ3v) is 1.42. The summed E-state index contributed by atoms with van der Waals surface area (Å²) in [6.07, 6.45) is 2.87. The van der Waals surface area contributed by atoms with E-state index in [1.54, 1.807) is 0 Å². The Morgan fingerprint density at radius 2 is 2.45 bits per heavy atom. The summed E-state index contributed by atoms with van der Waals surface area (Å²) < 4.78 is 22.7. The van der Waals surface area contributed by atoms with E-state index in [-0.39, 0.29) is 6.67 Å². The molecule has 0 atom stereocenters. The summed E-state index contributed by atoms with van der Waals surface area (Å²) in [6, 6.07) is 0. The summed E-state index contributed by atoms with van der Waals surface area (Å²) in [5.74, 6) is 0. The van der Waals surface area contributed by atoms with Gasteiger partial charge in [-0.2, -0.15) is 13.1 Å². The van der Waals surface area contributed by atoms with E-state index in [0.29, 0.717) is 0 Å². The molecule has 0 spiro atoms. The van der Waals surface area contributed by atoms with Crippen LogP contribution in [0.5, 0.6) is 0 Å². The van der Waals surface area contributed by atoms with E-state index in [4.69, 9.17) is 4.84 Å². The van der Waals surface area contributed by atoms with Crippen LogP contribution in [0.4, 0.5) is 0 Å². The molecule has 0 aromatic rings. The van der Waals surface area contributed by atoms with Gasteiger partial charge in [-0.15, -0.1) is 0 Å². The van der Waals surface area contributed by atoms with Gasteiger partial charge in [-0.05, 0) is 5.17 Å². The Morgan fingerprint density at radius 1 is 1.73 bits per heavy atom. The molecule has 8 heteroatoms. The standard InChI is InChI=1S/C3H8N4O3S/c4-11(8,9)6-3-7-5-1-2-10-7/h1-2,5-6H,3H2,(H2,4,8,9). The lowest BCUT2D eigenvalue weighted by Crippen LogP contribution is -2.42. The number of rotatable bonds is 3. The smallest absolute Gasteiger partial charge is 0.275 e. The Balaban J connectivity index is 2.23. The maximum atomic E-state index is 10.3. The molecule has 0 saturated carbocycles. The molecular weight excluding hydrogens is 172 g/mol. The van der Waals surface area contributed by atoms with E-state index < -0.39 is 10.2 Å². The first-order chi connectivity index (χ1) is 5.08. The van der Waals surface area contributed by atoms with E-state index in [2.05, 4.69) is 10.6 Å². The molecule has 0 aliphatic carbocycles. The zero-order valence-electron chi connectivity index (χ0n) is 5.52. The highest BCUT2D eigenvalue weighted by molar-refractivity contribution is 7.87. The number of hydrazine groups is 1. The van der Waals surface area contributed by atoms with E-state index in [0.717, 1.165) is 5.17 Å². The number of hydrogen-bond acceptors (Lipinski definition) is 5. The van der Waals surface area contributed by atoms with Gasteiger partial charge in [-0.3, -0.25) is 5.43 Å². The first-order valence-electron chi connectivity index (χ1n) is 2.71. The van der Waals surface area contributed by atoms with E-state index >= 15 is 0 Å². The molecule has 0 aromatic carbocycles. The lowest BCUT2D eigenvalue weighted by molar-refractivity contribution is -0.114. The second-order valence-corrected chi connectivity index (χ2v) is 3.14. The van der Waals surface area contributed by atoms with Crippen molar-refractivity contribution < 1.29 is 13.3 Å². The molecule has 1 aliphatic heterocycles. The second kappa shape index (κ2) is 3.05. The van der Waals surface area contributed by atoms with E-state index in [1.165, 1.54) is 12.5 Å². The molecule has 0 bridgehead atoms. The summed E-state index contributed by atoms with van der Waals surface area (Å²) in [6.45, 7) is -0.0498. The second-order valence-electron chi connectivity index (χ2n) is 1.76. The third-order valence-electron chi connectivity index (χ3n) is 0.884. The molecule has 0 unspecified atom stereocenters. The fourth-order valence-corrected chi connectivity index (χ4v) is 0.777. The van der Waals surface area contributed by atoms with Crippen molar-refractivity contribution >= 4 is 10.2 Å². The monoisotopic (exact) mass is 180 g/mol. The summed E-state index contributed by atoms with van der Waals surface area (Å²) >= 11 is 0. The van der Waals surface area contributed by atoms with Gasteiger partial charge >= 0.3 is 0 Å². The number of hydrogen-bond donors (Lipinski definition) is 3. The van der Waals surface area contributed by atoms with E-state index in [9.17, 15) is 8.42 Å². The van der Waals surface area contributed by atoms with Crippen LogP contribution in [0, 0.1) is 0 Å². The predicted molar refractivity (Wildman–Crippen MR) is 36.3 cm³/mol. The Bertz CT molecular complexity index is 239. The van der Waals surface area contributed by atoms with Gasteiger partial charge < -0.3 is 4.84 Å². The van der Waals surface area contributed by atoms with Crippen LogP contribution in [-0.4, -0.2) is 20.3 Å². The van der Waals surface area contributed by atoms with Crippen LogP contribution >= 0.6 is 0 Å². The Hall–Kier alpha value is -0.830. The summed E-state index contributed by atoms with van der Waals surface area (Å²) in [4.78, 5) is 4.71. The van der Waals surface area contributed by atoms with Crippen LogP contribution in [0.3, 0.4) is 0 Å². The molecule has 0 radical (unpaired) electrons. The predicted octanol–water partition coefficient (Wildman–Crippen LogP) is -2.04. The minimum atomic E-state index is -3.65. The molecule has 11 heavy (non-hydrogen) atoms. The van der Waals surface area contributed by atoms with Crippen molar-refractivity contribution in [2.24, 2.45) is 5.14 Å². The molecule has 7 nitrogen and oxygen atoms in total. The van der Waals surface area contributed by atoms with Gasteiger partial charge in [-0.25, -0.2) is 5.14 Å². The van der Waals surface area contributed by atoms with Crippen LogP contribution in [0.1, 0.15) is 0 Å². The molecular formula is C3H8N4O3S. The molecule has 0 amide bonds. The Morgan fingerprint density at radius 3 is 2.91 bits per heavy atom. The van der Waals surface area contributed by atoms with Crippen molar-refractivity contribution in [2.75, 3.05) is 6.67 Å². The highest BCUT2D eigenvalue weighted by atomic mass is 32.2. The van der Waals surface area contributed by atoms with Gasteiger partial charge in [0.05, 0.1) is 6.20 Å². The summed E-state index contributed by atoms with van der Waals surface area (Å²) in [5, 5.41) is 5.80. The van der Waals surface area contributed by atoms with Crippen molar-refractivity contribution in [3.63, 3.8) is 0 Å². The van der Waals surface area contributed by atoms with Crippen LogP contribution in [0.15, 0.2) is 12.5 Å². The topological polar surface area (TPSA) is 96.7 Å². The number of nitrogens with two attached hydrogens (primary N) is 1. The van der Waals surface area contributed by atoms with Crippen molar-refractivity contribution in [3.05, 3.63) is 12.5 Å². The number of hydroxylamine groups is 1. The van der Waals surface area contributed by atoms with Gasteiger partial charge in [0, 0.05) is 0 Å². The fourth-order valence-electron chi connectivity index (χ4n) is 0.479. The maximum absolute atomic E-state index is 10.3. The Labute approximate surface area is 63.9 Å². The van der Waals surface area contributed by atoms with Gasteiger partial charge in [0.1, 0.15) is 12.9 Å². The first kappa shape index (κ1) is 8.27. The highest BCUT2D eigenvalue weighted by Gasteiger charge is 2.09. The normalized spacial score (nSPS) is 17.9. The molecule has 0 saturated heterocycles. The van der Waals surface area contributed by atoms with Crippen molar-refractivity contribution in [1.29, 1.82) is 0 Å². The van der Waals surface area contributed by atoms with Crippen LogP contribution in [0.25, 0.3) is 0 Å². The summed E-state index contributed by atoms with van der Waals surface area (Å²) in [7, 11) is -3.65. The minimum absolute atomic E-state index is 0.0498. The van der Waals surface area contributed by atoms with Gasteiger partial charge in [-0.1, -0.05) is 0 Å². The third kappa shape index (κ3) is 3.18. The lowest BCUT2D eigenvalue weighted by Gasteiger charge is -2.13. The summed E-state index contributed by atoms with van der Waals surface area (Å²) in [5.41, 5.74) is 2.58. The van der Waals surface area contributed by atoms with Gasteiger partial charge in [0.25, 0.3) is 10.2 Å². The largest absolute Gasteiger partial charge is 0.391 e. The fraction of sp³-hybridized carbons (Fsp3) is 0.333. The minimum Gasteiger partial charge on any atom is -0.391 e. The molecule has 4 N–H and O–H groups in total. The van der Waals surface area contributed by atoms with Crippen LogP contribution in [-0.2, 0) is 15.0 Å². The molecule has 1 rings (SSSR count). The van der Waals surface area contributed by atoms with Crippen LogP contribution < -0.4 is 15.3 Å². The molecule has 0 aromatic heterocycles. The van der Waals surface area contributed by atoms with Crippen molar-refractivity contribution in [2.45, 2.75) is 0 Å². The maximum Gasteiger partial charge on any atom is 0.275 e. The molecule has 64 valence electrons. The average Bonchev–Trinajstić information content (AvgIpc) is 2.32. The lowest BCUT2D eigenvalue weighted by atomic mass is 11.0. The first-order valence-corrected chi connectivity index (χ1v) is 4.25. The SMILES string of the molecule is NS(=O)(=O)NCN1NC=CO1. The Kier molecular flexibility index (Phi) is 2.29. The number of nitrogens with zero attached hydrogens (tertiary/aromatic N) is 1. The van der Waals surface area contributed by atoms with Crippen LogP contribution in [0.2, 0.25) is 0 Å². The van der Waals surface area contributed by atoms with Crippen molar-refractivity contribution in [1.82, 2.24) is 15.3 Å². The average molecular weight is 180 g/mol. The zero-order valence-corrected chi connectivity index (χ0v) is 6.34. The van der Waals surface area contributed by atoms with Gasteiger partial charge in [0.15, 0.2) is 0 Å². The molecule has 1 heterocycles. The molecule has 1 aliphatic rings. The molecule has 0 fully saturated rings. The quantitative estimate of drug-likeness (QED) is 0.465. The van der Waals surface area contributed by atoms with E-state index in [1.807, 2.05) is 4.72 Å². The van der Waals surface area contributed by atoms with Gasteiger partial charge in [0.2, 0.25) is 0 Å². The zero-order chi connectivity index (χ0) is 8.32. The number of nitrogens with one attached hydrogen (secondary N) is 2. The van der Waals surface area contributed by atoms with Crippen molar-refractivity contribution in [3.8, 4) is 0 Å². The highest BCUT2D eigenvalue weighted by Crippen LogP contribution is 1.91.